The molecular weight excluding hydrogens is 1210 g/mol. The fourth-order valence-electron chi connectivity index (χ4n) is 7.28. The van der Waals surface area contributed by atoms with Gasteiger partial charge in [0, 0.05) is 36.9 Å². The SMILES string of the molecule is CC(C)NC1=NC(C)NC(=NCCc2ccc(Cl)c(Cl)c2)N1.CC(C)NC1=NC(C)NC(=NCc2ccc(Cl)c(Cl)c2)N1.CC1N=C(N)NC(=NCCc2ccc(Cl)c(Cl)c2)N1.CC1N=C(Nc2ccc(Cl)c(Cl)c2)NC(NC(C)C)=N1. The van der Waals surface area contributed by atoms with Crippen molar-refractivity contribution < 1.29 is 0 Å². The van der Waals surface area contributed by atoms with E-state index in [0.717, 1.165) is 53.1 Å². The van der Waals surface area contributed by atoms with Crippen LogP contribution >= 0.6 is 92.8 Å². The predicted molar refractivity (Wildman–Crippen MR) is 349 cm³/mol. The molecule has 8 rings (SSSR count). The second kappa shape index (κ2) is 33.5. The number of rotatable bonds is 12. The lowest BCUT2D eigenvalue weighted by Gasteiger charge is -2.25. The first-order chi connectivity index (χ1) is 38.8. The Morgan fingerprint density at radius 2 is 0.817 bits per heavy atom. The van der Waals surface area contributed by atoms with Gasteiger partial charge >= 0.3 is 0 Å². The van der Waals surface area contributed by atoms with Crippen LogP contribution in [0.2, 0.25) is 40.2 Å². The Hall–Kier alpha value is -5.84. The van der Waals surface area contributed by atoms with Gasteiger partial charge in [-0.05, 0) is 153 Å². The molecule has 0 aliphatic carbocycles. The largest absolute Gasteiger partial charge is 0.370 e. The van der Waals surface area contributed by atoms with E-state index in [1.807, 2.05) is 90.1 Å². The fourth-order valence-corrected chi connectivity index (χ4v) is 8.54. The number of anilines is 1. The van der Waals surface area contributed by atoms with Crippen LogP contribution < -0.4 is 64.2 Å². The molecule has 4 unspecified atom stereocenters. The van der Waals surface area contributed by atoms with Crippen LogP contribution in [-0.2, 0) is 19.4 Å². The molecule has 444 valence electrons. The molecule has 13 N–H and O–H groups in total. The van der Waals surface area contributed by atoms with Crippen LogP contribution in [0.15, 0.2) is 113 Å². The molecule has 4 aromatic rings. The second-order valence-electron chi connectivity index (χ2n) is 19.5. The smallest absolute Gasteiger partial charge is 0.204 e. The van der Waals surface area contributed by atoms with Gasteiger partial charge in [0.15, 0.2) is 41.7 Å². The third kappa shape index (κ3) is 24.5. The number of nitrogens with zero attached hydrogens (tertiary/aromatic N) is 8. The van der Waals surface area contributed by atoms with E-state index in [9.17, 15) is 0 Å². The standard InChI is InChI=1S/C15H21Cl2N5.C14H19Cl2N5.C13H17Cl2N5.C12H15Cl2N5/c1-9(2)19-15-21-10(3)20-14(22-15)18-7-6-11-4-5-12(16)13(17)8-11;1-8(2)18-14-20-9(3)19-13(21-14)17-7-10-4-5-11(15)12(16)6-10;1-7(2)16-12-17-8(3)18-13(20-12)19-9-4-5-10(14)11(15)6-9;1-7-17-11(15)19-12(18-7)16-5-4-8-2-3-9(13)10(14)6-8/h4-5,8-10H,6-7H2,1-3H3,(H3,18,19,20,21,22);4-6,8-9H,7H2,1-3H3,(H3,17,18,19,20,21);4-8H,1-3H3,(H3,16,17,18,19,20);2-3,6-7H,4-5H2,1H3,(H4,15,16,17,18,19). The lowest BCUT2D eigenvalue weighted by molar-refractivity contribution is 0.632. The van der Waals surface area contributed by atoms with Gasteiger partial charge in [0.1, 0.15) is 24.7 Å². The highest BCUT2D eigenvalue weighted by atomic mass is 35.5. The average molecular weight is 1280 g/mol. The van der Waals surface area contributed by atoms with Crippen molar-refractivity contribution >= 4 is 146 Å². The Morgan fingerprint density at radius 1 is 0.439 bits per heavy atom. The molecule has 0 amide bonds. The molecule has 4 aromatic carbocycles. The molecule has 0 saturated carbocycles. The second-order valence-corrected chi connectivity index (χ2v) is 22.8. The van der Waals surface area contributed by atoms with Crippen LogP contribution in [0.5, 0.6) is 0 Å². The first-order valence-electron chi connectivity index (χ1n) is 26.3. The van der Waals surface area contributed by atoms with Gasteiger partial charge < -0.3 is 43.0 Å². The zero-order valence-electron chi connectivity index (χ0n) is 47.2. The summed E-state index contributed by atoms with van der Waals surface area (Å²) in [6.45, 7) is 21.9. The molecule has 0 saturated heterocycles. The third-order valence-electron chi connectivity index (χ3n) is 10.8. The zero-order chi connectivity index (χ0) is 60.0. The van der Waals surface area contributed by atoms with E-state index in [2.05, 4.69) is 126 Å². The molecule has 4 heterocycles. The van der Waals surface area contributed by atoms with E-state index < -0.39 is 0 Å². The maximum absolute atomic E-state index is 6.01. The summed E-state index contributed by atoms with van der Waals surface area (Å²) in [5.74, 6) is 5.22. The van der Waals surface area contributed by atoms with Gasteiger partial charge in [-0.15, -0.1) is 0 Å². The van der Waals surface area contributed by atoms with Crippen molar-refractivity contribution in [2.75, 3.05) is 18.4 Å². The lowest BCUT2D eigenvalue weighted by atomic mass is 10.1. The zero-order valence-corrected chi connectivity index (χ0v) is 53.2. The van der Waals surface area contributed by atoms with Crippen LogP contribution in [0.4, 0.5) is 5.69 Å². The number of hydrogen-bond donors (Lipinski definition) is 12. The Labute approximate surface area is 521 Å². The normalized spacial score (nSPS) is 19.6. The van der Waals surface area contributed by atoms with Gasteiger partial charge in [0.2, 0.25) is 5.96 Å². The number of nitrogens with two attached hydrogens (primary N) is 1. The van der Waals surface area contributed by atoms with E-state index in [1.165, 1.54) is 0 Å². The number of halogens is 8. The minimum absolute atomic E-state index is 0.00812. The molecule has 0 aromatic heterocycles. The first-order valence-corrected chi connectivity index (χ1v) is 29.4. The summed E-state index contributed by atoms with van der Waals surface area (Å²) < 4.78 is 0. The van der Waals surface area contributed by atoms with Gasteiger partial charge in [0.05, 0.1) is 46.7 Å². The molecule has 4 aliphatic heterocycles. The maximum Gasteiger partial charge on any atom is 0.204 e. The van der Waals surface area contributed by atoms with E-state index in [0.29, 0.717) is 102 Å². The maximum atomic E-state index is 6.01. The van der Waals surface area contributed by atoms with Gasteiger partial charge in [-0.3, -0.25) is 31.3 Å². The number of benzene rings is 4. The minimum atomic E-state index is -0.150. The number of hydrogen-bond acceptors (Lipinski definition) is 14. The Kier molecular flexibility index (Phi) is 27.3. The predicted octanol–water partition coefficient (Wildman–Crippen LogP) is 10.3. The van der Waals surface area contributed by atoms with Crippen LogP contribution in [0, 0.1) is 0 Å². The van der Waals surface area contributed by atoms with Crippen LogP contribution in [0.25, 0.3) is 0 Å². The lowest BCUT2D eigenvalue weighted by Crippen LogP contribution is -2.55. The van der Waals surface area contributed by atoms with Crippen molar-refractivity contribution in [2.24, 2.45) is 45.7 Å². The molecule has 28 heteroatoms. The summed E-state index contributed by atoms with van der Waals surface area (Å²) in [5, 5.41) is 38.9. The van der Waals surface area contributed by atoms with E-state index in [1.54, 1.807) is 24.3 Å². The molecule has 4 aliphatic rings. The Morgan fingerprint density at radius 3 is 1.26 bits per heavy atom. The van der Waals surface area contributed by atoms with Crippen molar-refractivity contribution in [1.29, 1.82) is 0 Å². The summed E-state index contributed by atoms with van der Waals surface area (Å²) in [6.07, 6.45) is 1.32. The summed E-state index contributed by atoms with van der Waals surface area (Å²) in [5.41, 5.74) is 9.62. The molecular formula is C54H72Cl8N20. The average Bonchev–Trinajstić information content (AvgIpc) is 3.52. The minimum Gasteiger partial charge on any atom is -0.370 e. The first kappa shape index (κ1) is 67.0. The van der Waals surface area contributed by atoms with E-state index >= 15 is 0 Å². The molecule has 0 spiro atoms. The summed E-state index contributed by atoms with van der Waals surface area (Å²) in [6, 6.07) is 23.0. The topological polar surface area (TPSA) is 257 Å². The summed E-state index contributed by atoms with van der Waals surface area (Å²) in [7, 11) is 0. The van der Waals surface area contributed by atoms with Crippen molar-refractivity contribution in [1.82, 2.24) is 53.2 Å². The number of aliphatic imine (C=N–C) groups is 8. The Bertz CT molecular complexity index is 3030. The molecule has 82 heavy (non-hydrogen) atoms. The number of nitrogens with one attached hydrogen (secondary N) is 11. The number of guanidine groups is 8. The summed E-state index contributed by atoms with van der Waals surface area (Å²) in [4.78, 5) is 35.1. The van der Waals surface area contributed by atoms with Gasteiger partial charge in [0.25, 0.3) is 0 Å². The van der Waals surface area contributed by atoms with Gasteiger partial charge in [-0.1, -0.05) is 111 Å². The van der Waals surface area contributed by atoms with Crippen molar-refractivity contribution in [2.45, 2.75) is 131 Å². The van der Waals surface area contributed by atoms with Crippen molar-refractivity contribution in [3.63, 3.8) is 0 Å². The van der Waals surface area contributed by atoms with Crippen LogP contribution in [0.1, 0.15) is 85.9 Å². The van der Waals surface area contributed by atoms with E-state index in [4.69, 9.17) is 98.5 Å². The highest BCUT2D eigenvalue weighted by molar-refractivity contribution is 6.43. The molecule has 0 fully saturated rings. The highest BCUT2D eigenvalue weighted by Crippen LogP contribution is 2.26. The van der Waals surface area contributed by atoms with Crippen LogP contribution in [0.3, 0.4) is 0 Å². The quantitative estimate of drug-likeness (QED) is 0.0633. The van der Waals surface area contributed by atoms with E-state index in [-0.39, 0.29) is 30.7 Å². The van der Waals surface area contributed by atoms with Gasteiger partial charge in [-0.2, -0.15) is 0 Å². The fraction of sp³-hybridized carbons (Fsp3) is 0.407. The Balaban J connectivity index is 0.000000201. The summed E-state index contributed by atoms with van der Waals surface area (Å²) >= 11 is 47.5. The van der Waals surface area contributed by atoms with Crippen molar-refractivity contribution in [3.05, 3.63) is 130 Å². The monoisotopic (exact) mass is 1280 g/mol. The molecule has 0 radical (unpaired) electrons. The third-order valence-corrected chi connectivity index (χ3v) is 13.7. The van der Waals surface area contributed by atoms with Crippen LogP contribution in [-0.4, -0.2) is 104 Å². The molecule has 4 atom stereocenters. The van der Waals surface area contributed by atoms with Gasteiger partial charge in [-0.25, -0.2) is 30.0 Å². The molecule has 20 nitrogen and oxygen atoms in total. The molecule has 0 bridgehead atoms. The van der Waals surface area contributed by atoms with Crippen molar-refractivity contribution in [3.8, 4) is 0 Å². The highest BCUT2D eigenvalue weighted by Gasteiger charge is 2.18.